The van der Waals surface area contributed by atoms with Crippen LogP contribution >= 0.6 is 0 Å². The van der Waals surface area contributed by atoms with E-state index in [9.17, 15) is 18.0 Å². The van der Waals surface area contributed by atoms with Gasteiger partial charge in [-0.1, -0.05) is 0 Å². The normalized spacial score (nSPS) is 19.3. The summed E-state index contributed by atoms with van der Waals surface area (Å²) in [5.74, 6) is -0.886. The summed E-state index contributed by atoms with van der Waals surface area (Å²) in [6.07, 6.45) is 3.52. The van der Waals surface area contributed by atoms with Gasteiger partial charge in [0.05, 0.1) is 18.5 Å². The molecule has 1 aliphatic rings. The molecule has 0 unspecified atom stereocenters. The molecule has 4 rings (SSSR count). The number of pyridine rings is 1. The van der Waals surface area contributed by atoms with Gasteiger partial charge in [-0.3, -0.25) is 9.78 Å². The van der Waals surface area contributed by atoms with Crippen LogP contribution in [0.2, 0.25) is 0 Å². The summed E-state index contributed by atoms with van der Waals surface area (Å²) >= 11 is 0. The number of aromatic nitrogens is 1. The summed E-state index contributed by atoms with van der Waals surface area (Å²) < 4.78 is 44.7. The molecule has 1 aliphatic carbocycles. The molecule has 1 aromatic carbocycles. The first-order valence-electron chi connectivity index (χ1n) is 9.96. The number of rotatable bonds is 6. The molecule has 0 bridgehead atoms. The predicted molar refractivity (Wildman–Crippen MR) is 107 cm³/mol. The van der Waals surface area contributed by atoms with Gasteiger partial charge in [-0.15, -0.1) is 0 Å². The molecule has 0 radical (unpaired) electrons. The Kier molecular flexibility index (Phi) is 6.03. The van der Waals surface area contributed by atoms with Gasteiger partial charge in [-0.25, -0.2) is 13.2 Å². The van der Waals surface area contributed by atoms with Gasteiger partial charge in [0.2, 0.25) is 0 Å². The van der Waals surface area contributed by atoms with Gasteiger partial charge >= 0.3 is 0 Å². The number of benzene rings is 1. The molecule has 1 amide bonds. The molecule has 158 valence electrons. The molecule has 2 aromatic heterocycles. The van der Waals surface area contributed by atoms with E-state index in [1.54, 1.807) is 30.5 Å². The maximum atomic E-state index is 14.8. The number of halogens is 3. The average molecular weight is 417 g/mol. The van der Waals surface area contributed by atoms with Crippen molar-refractivity contribution in [1.29, 1.82) is 0 Å². The Morgan fingerprint density at radius 1 is 1.13 bits per heavy atom. The third kappa shape index (κ3) is 4.48. The predicted octanol–water partition coefficient (Wildman–Crippen LogP) is 4.53. The molecule has 0 saturated heterocycles. The van der Waals surface area contributed by atoms with Crippen molar-refractivity contribution in [2.45, 2.75) is 44.2 Å². The topological polar surface area (TPSA) is 67.2 Å². The standard InChI is InChI=1S/C22H22F3N3O2/c23-18-11-13(1-6-16(18)21-17-8-10-30-19(17)7-9-26-21)22(29)28-15-4-2-14(3-5-15)27-12-20(24)25/h1,6-11,14-15,20,27H,2-5,12H2,(H,28,29)/t14-,15-. The number of carbonyl (C=O) groups is 1. The van der Waals surface area contributed by atoms with Crippen LogP contribution in [-0.4, -0.2) is 35.9 Å². The van der Waals surface area contributed by atoms with Crippen LogP contribution in [0.15, 0.2) is 47.2 Å². The number of fused-ring (bicyclic) bond motifs is 1. The lowest BCUT2D eigenvalue weighted by atomic mass is 9.91. The quantitative estimate of drug-likeness (QED) is 0.619. The van der Waals surface area contributed by atoms with Crippen molar-refractivity contribution in [3.63, 3.8) is 0 Å². The summed E-state index contributed by atoms with van der Waals surface area (Å²) in [6.45, 7) is -0.311. The monoisotopic (exact) mass is 417 g/mol. The highest BCUT2D eigenvalue weighted by molar-refractivity contribution is 5.96. The maximum absolute atomic E-state index is 14.8. The van der Waals surface area contributed by atoms with Crippen LogP contribution in [-0.2, 0) is 0 Å². The van der Waals surface area contributed by atoms with Crippen molar-refractivity contribution in [1.82, 2.24) is 15.6 Å². The molecular formula is C22H22F3N3O2. The van der Waals surface area contributed by atoms with Gasteiger partial charge in [0.1, 0.15) is 11.4 Å². The van der Waals surface area contributed by atoms with Crippen molar-refractivity contribution < 1.29 is 22.4 Å². The van der Waals surface area contributed by atoms with E-state index in [1.165, 1.54) is 12.3 Å². The zero-order valence-electron chi connectivity index (χ0n) is 16.2. The molecule has 0 aliphatic heterocycles. The second-order valence-corrected chi connectivity index (χ2v) is 7.51. The number of nitrogens with one attached hydrogen (secondary N) is 2. The maximum Gasteiger partial charge on any atom is 0.251 e. The largest absolute Gasteiger partial charge is 0.464 e. The van der Waals surface area contributed by atoms with Gasteiger partial charge in [0.25, 0.3) is 12.3 Å². The minimum Gasteiger partial charge on any atom is -0.464 e. The number of hydrogen-bond donors (Lipinski definition) is 2. The lowest BCUT2D eigenvalue weighted by molar-refractivity contribution is 0.0922. The van der Waals surface area contributed by atoms with Gasteiger partial charge in [0, 0.05) is 34.8 Å². The van der Waals surface area contributed by atoms with Crippen molar-refractivity contribution >= 4 is 16.9 Å². The van der Waals surface area contributed by atoms with Crippen LogP contribution in [0.3, 0.4) is 0 Å². The Hall–Kier alpha value is -2.87. The van der Waals surface area contributed by atoms with Crippen LogP contribution in [0.1, 0.15) is 36.0 Å². The number of amides is 1. The Bertz CT molecular complexity index is 1030. The number of furan rings is 1. The fraction of sp³-hybridized carbons (Fsp3) is 0.364. The SMILES string of the molecule is O=C(N[C@H]1CC[C@H](NCC(F)F)CC1)c1ccc(-c2nccc3occc23)c(F)c1. The third-order valence-corrected chi connectivity index (χ3v) is 5.49. The summed E-state index contributed by atoms with van der Waals surface area (Å²) in [4.78, 5) is 16.8. The second-order valence-electron chi connectivity index (χ2n) is 7.51. The zero-order chi connectivity index (χ0) is 21.1. The fourth-order valence-corrected chi connectivity index (χ4v) is 3.92. The Morgan fingerprint density at radius 3 is 2.63 bits per heavy atom. The Balaban J connectivity index is 1.40. The number of nitrogens with zero attached hydrogens (tertiary/aromatic N) is 1. The fourth-order valence-electron chi connectivity index (χ4n) is 3.92. The lowest BCUT2D eigenvalue weighted by Gasteiger charge is -2.29. The second kappa shape index (κ2) is 8.87. The van der Waals surface area contributed by atoms with Crippen LogP contribution in [0.4, 0.5) is 13.2 Å². The minimum absolute atomic E-state index is 0.0435. The highest BCUT2D eigenvalue weighted by Crippen LogP contribution is 2.29. The number of hydrogen-bond acceptors (Lipinski definition) is 4. The minimum atomic E-state index is -2.36. The highest BCUT2D eigenvalue weighted by Gasteiger charge is 2.23. The molecule has 1 saturated carbocycles. The Morgan fingerprint density at radius 2 is 1.90 bits per heavy atom. The first-order chi connectivity index (χ1) is 14.5. The van der Waals surface area contributed by atoms with E-state index in [2.05, 4.69) is 15.6 Å². The van der Waals surface area contributed by atoms with Crippen molar-refractivity contribution in [2.75, 3.05) is 6.54 Å². The van der Waals surface area contributed by atoms with E-state index in [1.807, 2.05) is 0 Å². The molecule has 2 heterocycles. The van der Waals surface area contributed by atoms with Gasteiger partial charge in [0.15, 0.2) is 0 Å². The van der Waals surface area contributed by atoms with E-state index in [0.29, 0.717) is 47.9 Å². The van der Waals surface area contributed by atoms with Gasteiger partial charge in [-0.05, 0) is 56.0 Å². The summed E-state index contributed by atoms with van der Waals surface area (Å²) in [5.41, 5.74) is 1.60. The molecule has 0 spiro atoms. The van der Waals surface area contributed by atoms with Crippen LogP contribution in [0.5, 0.6) is 0 Å². The van der Waals surface area contributed by atoms with Gasteiger partial charge in [-0.2, -0.15) is 0 Å². The van der Waals surface area contributed by atoms with E-state index < -0.39 is 12.2 Å². The van der Waals surface area contributed by atoms with Gasteiger partial charge < -0.3 is 15.1 Å². The molecule has 30 heavy (non-hydrogen) atoms. The molecule has 3 aromatic rings. The third-order valence-electron chi connectivity index (χ3n) is 5.49. The van der Waals surface area contributed by atoms with E-state index >= 15 is 0 Å². The molecule has 2 N–H and O–H groups in total. The van der Waals surface area contributed by atoms with E-state index in [4.69, 9.17) is 4.42 Å². The summed E-state index contributed by atoms with van der Waals surface area (Å²) in [6, 6.07) is 7.75. The van der Waals surface area contributed by atoms with Crippen LogP contribution in [0, 0.1) is 5.82 Å². The molecule has 0 atom stereocenters. The average Bonchev–Trinajstić information content (AvgIpc) is 3.22. The number of alkyl halides is 2. The number of carbonyl (C=O) groups excluding carboxylic acids is 1. The van der Waals surface area contributed by atoms with E-state index in [-0.39, 0.29) is 30.1 Å². The van der Waals surface area contributed by atoms with E-state index in [0.717, 1.165) is 0 Å². The zero-order valence-corrected chi connectivity index (χ0v) is 16.2. The highest BCUT2D eigenvalue weighted by atomic mass is 19.3. The molecule has 8 heteroatoms. The van der Waals surface area contributed by atoms with Crippen LogP contribution in [0.25, 0.3) is 22.2 Å². The lowest BCUT2D eigenvalue weighted by Crippen LogP contribution is -2.43. The molecular weight excluding hydrogens is 395 g/mol. The first kappa shape index (κ1) is 20.4. The molecule has 1 fully saturated rings. The van der Waals surface area contributed by atoms with Crippen molar-refractivity contribution in [3.05, 3.63) is 54.2 Å². The first-order valence-corrected chi connectivity index (χ1v) is 9.96. The smallest absolute Gasteiger partial charge is 0.251 e. The van der Waals surface area contributed by atoms with Crippen LogP contribution < -0.4 is 10.6 Å². The van der Waals surface area contributed by atoms with Crippen molar-refractivity contribution in [2.24, 2.45) is 0 Å². The Labute approximate surface area is 171 Å². The molecule has 5 nitrogen and oxygen atoms in total. The van der Waals surface area contributed by atoms with Crippen molar-refractivity contribution in [3.8, 4) is 11.3 Å². The summed E-state index contributed by atoms with van der Waals surface area (Å²) in [5, 5.41) is 6.46. The summed E-state index contributed by atoms with van der Waals surface area (Å²) in [7, 11) is 0.